The Morgan fingerprint density at radius 3 is 2.55 bits per heavy atom. The number of hydrogen-bond donors (Lipinski definition) is 0. The van der Waals surface area contributed by atoms with Crippen LogP contribution in [0.15, 0.2) is 41.8 Å². The van der Waals surface area contributed by atoms with Gasteiger partial charge in [0.05, 0.1) is 18.8 Å². The fourth-order valence-corrected chi connectivity index (χ4v) is 6.30. The van der Waals surface area contributed by atoms with Gasteiger partial charge in [-0.25, -0.2) is 9.18 Å². The molecule has 1 aromatic heterocycles. The number of carbonyl (C=O) groups is 2. The molecule has 1 amide bonds. The van der Waals surface area contributed by atoms with Crippen LogP contribution in [-0.2, 0) is 31.8 Å². The fraction of sp³-hybridized carbons (Fsp3) is 0.594. The van der Waals surface area contributed by atoms with E-state index < -0.39 is 35.2 Å². The lowest BCUT2D eigenvalue weighted by molar-refractivity contribution is -0.120. The molecule has 0 N–H and O–H groups in total. The number of azide groups is 1. The molecule has 2 fully saturated rings. The summed E-state index contributed by atoms with van der Waals surface area (Å²) in [5.74, 6) is -1.23. The van der Waals surface area contributed by atoms with Crippen LogP contribution in [0.25, 0.3) is 10.4 Å². The van der Waals surface area contributed by atoms with Crippen molar-refractivity contribution in [1.82, 2.24) is 9.88 Å². The second kappa shape index (κ2) is 14.2. The number of halogens is 2. The summed E-state index contributed by atoms with van der Waals surface area (Å²) in [5, 5.41) is 4.56. The predicted molar refractivity (Wildman–Crippen MR) is 164 cm³/mol. The molecule has 10 nitrogen and oxygen atoms in total. The first kappa shape index (κ1) is 33.6. The molecule has 238 valence electrons. The van der Waals surface area contributed by atoms with Crippen LogP contribution in [0, 0.1) is 11.7 Å². The SMILES string of the molecule is CC(C)(C)OC(=O)N1[C@@H](CCc2c(F)cncc2CC(=O)[C@@H](N=[N+]=[N-])[C@@H](c2ccc(Cl)cc2)C2CCOCC2)COC1(C)C. The van der Waals surface area contributed by atoms with Crippen LogP contribution in [0.3, 0.4) is 0 Å². The van der Waals surface area contributed by atoms with Gasteiger partial charge in [0, 0.05) is 41.7 Å². The van der Waals surface area contributed by atoms with E-state index in [-0.39, 0.29) is 37.2 Å². The van der Waals surface area contributed by atoms with Crippen molar-refractivity contribution in [3.8, 4) is 0 Å². The summed E-state index contributed by atoms with van der Waals surface area (Å²) in [4.78, 5) is 35.7. The number of rotatable bonds is 10. The van der Waals surface area contributed by atoms with Gasteiger partial charge in [-0.05, 0) is 101 Å². The van der Waals surface area contributed by atoms with Crippen molar-refractivity contribution in [3.05, 3.63) is 74.6 Å². The monoisotopic (exact) mass is 629 g/mol. The lowest BCUT2D eigenvalue weighted by Gasteiger charge is -2.35. The fourth-order valence-electron chi connectivity index (χ4n) is 6.18. The number of aromatic nitrogens is 1. The van der Waals surface area contributed by atoms with E-state index in [1.54, 1.807) is 51.7 Å². The van der Waals surface area contributed by atoms with Gasteiger partial charge in [-0.2, -0.15) is 0 Å². The Morgan fingerprint density at radius 2 is 1.91 bits per heavy atom. The smallest absolute Gasteiger partial charge is 0.412 e. The highest BCUT2D eigenvalue weighted by atomic mass is 35.5. The largest absolute Gasteiger partial charge is 0.444 e. The van der Waals surface area contributed by atoms with Crippen molar-refractivity contribution in [1.29, 1.82) is 0 Å². The molecular weight excluding hydrogens is 589 g/mol. The summed E-state index contributed by atoms with van der Waals surface area (Å²) < 4.78 is 32.4. The van der Waals surface area contributed by atoms with Crippen LogP contribution in [0.5, 0.6) is 0 Å². The number of nitrogens with zero attached hydrogens (tertiary/aromatic N) is 5. The zero-order valence-electron chi connectivity index (χ0n) is 26.0. The van der Waals surface area contributed by atoms with Gasteiger partial charge in [0.25, 0.3) is 0 Å². The van der Waals surface area contributed by atoms with Gasteiger partial charge in [-0.15, -0.1) is 0 Å². The zero-order chi connectivity index (χ0) is 32.1. The van der Waals surface area contributed by atoms with E-state index in [2.05, 4.69) is 15.0 Å². The Hall–Kier alpha value is -3.24. The number of ether oxygens (including phenoxy) is 3. The second-order valence-electron chi connectivity index (χ2n) is 12.9. The predicted octanol–water partition coefficient (Wildman–Crippen LogP) is 7.18. The Labute approximate surface area is 262 Å². The van der Waals surface area contributed by atoms with Gasteiger partial charge in [-0.1, -0.05) is 28.8 Å². The lowest BCUT2D eigenvalue weighted by atomic mass is 9.75. The van der Waals surface area contributed by atoms with Gasteiger partial charge in [0.1, 0.15) is 29.0 Å². The van der Waals surface area contributed by atoms with E-state index in [0.717, 1.165) is 11.8 Å². The molecule has 12 heteroatoms. The molecule has 2 aliphatic rings. The van der Waals surface area contributed by atoms with Crippen LogP contribution >= 0.6 is 11.6 Å². The van der Waals surface area contributed by atoms with Gasteiger partial charge < -0.3 is 14.2 Å². The van der Waals surface area contributed by atoms with E-state index >= 15 is 4.39 Å². The molecule has 2 saturated heterocycles. The molecule has 0 bridgehead atoms. The van der Waals surface area contributed by atoms with Crippen LogP contribution < -0.4 is 0 Å². The summed E-state index contributed by atoms with van der Waals surface area (Å²) in [5.41, 5.74) is 9.51. The number of Topliss-reactive ketones (excluding diaryl/α,β-unsaturated/α-hetero) is 1. The lowest BCUT2D eigenvalue weighted by Crippen LogP contribution is -2.50. The molecule has 0 saturated carbocycles. The molecular formula is C32H41ClFN5O5. The topological polar surface area (TPSA) is 127 Å². The van der Waals surface area contributed by atoms with E-state index in [9.17, 15) is 15.1 Å². The maximum atomic E-state index is 15.3. The normalized spacial score (nSPS) is 20.1. The summed E-state index contributed by atoms with van der Waals surface area (Å²) >= 11 is 6.14. The first-order valence-electron chi connectivity index (χ1n) is 15.0. The van der Waals surface area contributed by atoms with E-state index in [4.69, 9.17) is 25.8 Å². The Balaban J connectivity index is 1.58. The van der Waals surface area contributed by atoms with E-state index in [1.165, 1.54) is 6.20 Å². The molecule has 2 aliphatic heterocycles. The third-order valence-electron chi connectivity index (χ3n) is 8.23. The molecule has 3 atom stereocenters. The highest BCUT2D eigenvalue weighted by Crippen LogP contribution is 2.38. The number of hydrogen-bond acceptors (Lipinski definition) is 7. The third-order valence-corrected chi connectivity index (χ3v) is 8.48. The summed E-state index contributed by atoms with van der Waals surface area (Å²) in [6.45, 7) is 10.3. The van der Waals surface area contributed by atoms with Crippen molar-refractivity contribution in [2.45, 2.75) is 96.1 Å². The molecule has 0 radical (unpaired) electrons. The summed E-state index contributed by atoms with van der Waals surface area (Å²) in [7, 11) is 0. The van der Waals surface area contributed by atoms with Gasteiger partial charge in [0.15, 0.2) is 0 Å². The number of ketones is 1. The third kappa shape index (κ3) is 8.27. The maximum Gasteiger partial charge on any atom is 0.412 e. The standard InChI is InChI=1S/C32H41ClFN5O5/c1-31(2,3)44-30(41)39-24(19-43-32(39,4)5)10-11-25-22(17-36-18-26(25)34)16-27(40)29(37-38-35)28(21-12-14-42-15-13-21)20-6-8-23(33)9-7-20/h6-9,17-18,21,24,28-29H,10-16,19H2,1-5H3/t24-,28-,29+/m0/s1. The first-order valence-corrected chi connectivity index (χ1v) is 15.4. The van der Waals surface area contributed by atoms with E-state index in [1.807, 2.05) is 12.1 Å². The van der Waals surface area contributed by atoms with Crippen molar-refractivity contribution in [3.63, 3.8) is 0 Å². The van der Waals surface area contributed by atoms with Crippen LogP contribution in [0.1, 0.15) is 76.5 Å². The maximum absolute atomic E-state index is 15.3. The van der Waals surface area contributed by atoms with Gasteiger partial charge in [-0.3, -0.25) is 14.7 Å². The molecule has 0 unspecified atom stereocenters. The molecule has 0 spiro atoms. The average Bonchev–Trinajstić information content (AvgIpc) is 3.27. The van der Waals surface area contributed by atoms with Gasteiger partial charge in [0.2, 0.25) is 0 Å². The van der Waals surface area contributed by atoms with Crippen LogP contribution in [0.4, 0.5) is 9.18 Å². The minimum Gasteiger partial charge on any atom is -0.444 e. The van der Waals surface area contributed by atoms with Crippen LogP contribution in [-0.4, -0.2) is 65.0 Å². The second-order valence-corrected chi connectivity index (χ2v) is 13.3. The number of benzene rings is 1. The molecule has 1 aromatic carbocycles. The molecule has 4 rings (SSSR count). The number of amides is 1. The number of carbonyl (C=O) groups excluding carboxylic acids is 2. The van der Waals surface area contributed by atoms with Crippen LogP contribution in [0.2, 0.25) is 5.02 Å². The highest BCUT2D eigenvalue weighted by molar-refractivity contribution is 6.30. The van der Waals surface area contributed by atoms with Crippen molar-refractivity contribution in [2.24, 2.45) is 11.0 Å². The number of pyridine rings is 1. The van der Waals surface area contributed by atoms with Gasteiger partial charge >= 0.3 is 6.09 Å². The quantitative estimate of drug-likeness (QED) is 0.156. The van der Waals surface area contributed by atoms with Crippen molar-refractivity contribution >= 4 is 23.5 Å². The first-order chi connectivity index (χ1) is 20.8. The Kier molecular flexibility index (Phi) is 10.9. The van der Waals surface area contributed by atoms with Crippen molar-refractivity contribution in [2.75, 3.05) is 19.8 Å². The van der Waals surface area contributed by atoms with E-state index in [0.29, 0.717) is 48.6 Å². The minimum atomic E-state index is -1.02. The molecule has 0 aliphatic carbocycles. The molecule has 2 aromatic rings. The van der Waals surface area contributed by atoms with Crippen molar-refractivity contribution < 1.29 is 28.2 Å². The average molecular weight is 630 g/mol. The highest BCUT2D eigenvalue weighted by Gasteiger charge is 2.45. The summed E-state index contributed by atoms with van der Waals surface area (Å²) in [6, 6.07) is 5.83. The summed E-state index contributed by atoms with van der Waals surface area (Å²) in [6.07, 6.45) is 3.95. The minimum absolute atomic E-state index is 0.0408. The molecule has 3 heterocycles. The Morgan fingerprint density at radius 1 is 1.23 bits per heavy atom. The Bertz CT molecular complexity index is 1370. The molecule has 44 heavy (non-hydrogen) atoms. The zero-order valence-corrected chi connectivity index (χ0v) is 26.7.